The van der Waals surface area contributed by atoms with Crippen molar-refractivity contribution >= 4 is 23.5 Å². The number of aromatic nitrogens is 4. The minimum atomic E-state index is -0.482. The Bertz CT molecular complexity index is 1160. The van der Waals surface area contributed by atoms with Crippen LogP contribution in [0.2, 0.25) is 0 Å². The molecular formula is C25H28N6O4. The van der Waals surface area contributed by atoms with E-state index in [1.54, 1.807) is 24.3 Å². The molecule has 1 N–H and O–H groups in total. The summed E-state index contributed by atoms with van der Waals surface area (Å²) in [6.07, 6.45) is 5.24. The van der Waals surface area contributed by atoms with Crippen LogP contribution in [0.25, 0.3) is 11.4 Å². The van der Waals surface area contributed by atoms with Crippen molar-refractivity contribution in [1.29, 1.82) is 0 Å². The van der Waals surface area contributed by atoms with Crippen molar-refractivity contribution in [3.63, 3.8) is 0 Å². The molecule has 0 spiro atoms. The van der Waals surface area contributed by atoms with Crippen LogP contribution < -0.4 is 10.2 Å². The molecular weight excluding hydrogens is 448 g/mol. The van der Waals surface area contributed by atoms with E-state index in [9.17, 15) is 14.4 Å². The third-order valence-corrected chi connectivity index (χ3v) is 5.93. The highest BCUT2D eigenvalue weighted by Gasteiger charge is 2.23. The fourth-order valence-electron chi connectivity index (χ4n) is 4.10. The molecule has 1 aliphatic carbocycles. The standard InChI is InChI=1S/C25H28N6O4/c1-35-25(34)19-12-14-21(15-13-19)30(16-22(32)26-20-10-6-3-7-11-20)23(33)17-31-28-24(27-29-31)18-8-4-2-5-9-18/h2,4-5,8-9,12-15,20H,3,6-7,10-11,16-17H2,1H3,(H,26,32). The molecule has 182 valence electrons. The second-order valence-electron chi connectivity index (χ2n) is 8.43. The van der Waals surface area contributed by atoms with Crippen molar-refractivity contribution in [1.82, 2.24) is 25.5 Å². The number of esters is 1. The number of hydrogen-bond acceptors (Lipinski definition) is 7. The first-order valence-corrected chi connectivity index (χ1v) is 11.6. The predicted octanol–water partition coefficient (Wildman–Crippen LogP) is 2.61. The van der Waals surface area contributed by atoms with E-state index in [-0.39, 0.29) is 30.9 Å². The Labute approximate surface area is 203 Å². The maximum Gasteiger partial charge on any atom is 0.337 e. The van der Waals surface area contributed by atoms with Crippen LogP contribution in [0.15, 0.2) is 54.6 Å². The Morgan fingerprint density at radius 2 is 1.74 bits per heavy atom. The van der Waals surface area contributed by atoms with Crippen LogP contribution in [-0.4, -0.2) is 57.7 Å². The van der Waals surface area contributed by atoms with Gasteiger partial charge in [0.15, 0.2) is 0 Å². The molecule has 0 aliphatic heterocycles. The van der Waals surface area contributed by atoms with E-state index in [2.05, 4.69) is 20.7 Å². The Balaban J connectivity index is 1.51. The smallest absolute Gasteiger partial charge is 0.337 e. The van der Waals surface area contributed by atoms with Gasteiger partial charge in [0.05, 0.1) is 12.7 Å². The van der Waals surface area contributed by atoms with Gasteiger partial charge in [0.1, 0.15) is 13.1 Å². The van der Waals surface area contributed by atoms with Gasteiger partial charge in [-0.1, -0.05) is 49.6 Å². The Hall–Kier alpha value is -4.08. The molecule has 1 heterocycles. The quantitative estimate of drug-likeness (QED) is 0.496. The topological polar surface area (TPSA) is 119 Å². The molecule has 3 aromatic rings. The summed E-state index contributed by atoms with van der Waals surface area (Å²) in [7, 11) is 1.30. The Kier molecular flexibility index (Phi) is 7.81. The average Bonchev–Trinajstić information content (AvgIpc) is 3.36. The van der Waals surface area contributed by atoms with Gasteiger partial charge in [0, 0.05) is 17.3 Å². The van der Waals surface area contributed by atoms with E-state index >= 15 is 0 Å². The number of hydrogen-bond donors (Lipinski definition) is 1. The summed E-state index contributed by atoms with van der Waals surface area (Å²) in [5, 5.41) is 15.4. The van der Waals surface area contributed by atoms with Crippen molar-refractivity contribution in [2.75, 3.05) is 18.6 Å². The van der Waals surface area contributed by atoms with Gasteiger partial charge in [-0.2, -0.15) is 4.80 Å². The first kappa shape index (κ1) is 24.1. The molecule has 1 fully saturated rings. The van der Waals surface area contributed by atoms with Gasteiger partial charge in [0.25, 0.3) is 5.91 Å². The fourth-order valence-corrected chi connectivity index (χ4v) is 4.10. The summed E-state index contributed by atoms with van der Waals surface area (Å²) in [6, 6.07) is 15.8. The SMILES string of the molecule is COC(=O)c1ccc(N(CC(=O)NC2CCCCC2)C(=O)Cn2nnc(-c3ccccc3)n2)cc1. The molecule has 35 heavy (non-hydrogen) atoms. The first-order chi connectivity index (χ1) is 17.0. The van der Waals surface area contributed by atoms with E-state index in [1.165, 1.54) is 23.2 Å². The Morgan fingerprint density at radius 3 is 2.43 bits per heavy atom. The van der Waals surface area contributed by atoms with Gasteiger partial charge in [-0.25, -0.2) is 4.79 Å². The molecule has 0 atom stereocenters. The molecule has 1 saturated carbocycles. The van der Waals surface area contributed by atoms with E-state index < -0.39 is 5.97 Å². The maximum atomic E-state index is 13.3. The number of methoxy groups -OCH3 is 1. The van der Waals surface area contributed by atoms with Crippen LogP contribution in [0.3, 0.4) is 0 Å². The predicted molar refractivity (Wildman–Crippen MR) is 128 cm³/mol. The second kappa shape index (κ2) is 11.4. The van der Waals surface area contributed by atoms with Crippen molar-refractivity contribution in [2.45, 2.75) is 44.7 Å². The van der Waals surface area contributed by atoms with E-state index in [1.807, 2.05) is 30.3 Å². The van der Waals surface area contributed by atoms with Gasteiger partial charge in [-0.3, -0.25) is 9.59 Å². The number of carbonyl (C=O) groups is 3. The number of nitrogens with zero attached hydrogens (tertiary/aromatic N) is 5. The number of anilines is 1. The largest absolute Gasteiger partial charge is 0.465 e. The minimum Gasteiger partial charge on any atom is -0.465 e. The highest BCUT2D eigenvalue weighted by Crippen LogP contribution is 2.19. The van der Waals surface area contributed by atoms with Crippen LogP contribution in [0.1, 0.15) is 42.5 Å². The molecule has 1 aromatic heterocycles. The van der Waals surface area contributed by atoms with E-state index in [0.29, 0.717) is 17.1 Å². The lowest BCUT2D eigenvalue weighted by Crippen LogP contribution is -2.46. The lowest BCUT2D eigenvalue weighted by Gasteiger charge is -2.26. The molecule has 2 amide bonds. The van der Waals surface area contributed by atoms with Crippen molar-refractivity contribution in [3.8, 4) is 11.4 Å². The lowest BCUT2D eigenvalue weighted by atomic mass is 9.95. The third-order valence-electron chi connectivity index (χ3n) is 5.93. The highest BCUT2D eigenvalue weighted by molar-refractivity contribution is 5.99. The Morgan fingerprint density at radius 1 is 1.03 bits per heavy atom. The summed E-state index contributed by atoms with van der Waals surface area (Å²) < 4.78 is 4.74. The normalized spacial score (nSPS) is 13.7. The van der Waals surface area contributed by atoms with Crippen molar-refractivity contribution in [3.05, 3.63) is 60.2 Å². The van der Waals surface area contributed by atoms with Crippen molar-refractivity contribution < 1.29 is 19.1 Å². The van der Waals surface area contributed by atoms with Crippen LogP contribution >= 0.6 is 0 Å². The zero-order valence-electron chi connectivity index (χ0n) is 19.6. The van der Waals surface area contributed by atoms with Crippen LogP contribution in [0.4, 0.5) is 5.69 Å². The van der Waals surface area contributed by atoms with Crippen LogP contribution in [0.5, 0.6) is 0 Å². The molecule has 2 aromatic carbocycles. The molecule has 10 heteroatoms. The zero-order chi connectivity index (χ0) is 24.6. The van der Waals surface area contributed by atoms with Gasteiger partial charge >= 0.3 is 5.97 Å². The van der Waals surface area contributed by atoms with Gasteiger partial charge < -0.3 is 15.0 Å². The zero-order valence-corrected chi connectivity index (χ0v) is 19.6. The average molecular weight is 477 g/mol. The molecule has 4 rings (SSSR count). The van der Waals surface area contributed by atoms with E-state index in [4.69, 9.17) is 4.74 Å². The fraction of sp³-hybridized carbons (Fsp3) is 0.360. The number of amides is 2. The summed E-state index contributed by atoms with van der Waals surface area (Å²) in [5.74, 6) is -0.697. The number of ether oxygens (including phenoxy) is 1. The first-order valence-electron chi connectivity index (χ1n) is 11.6. The summed E-state index contributed by atoms with van der Waals surface area (Å²) >= 11 is 0. The summed E-state index contributed by atoms with van der Waals surface area (Å²) in [6.45, 7) is -0.359. The van der Waals surface area contributed by atoms with Gasteiger partial charge in [0.2, 0.25) is 11.7 Å². The number of nitrogens with one attached hydrogen (secondary N) is 1. The third kappa shape index (κ3) is 6.28. The summed E-state index contributed by atoms with van der Waals surface area (Å²) in [5.41, 5.74) is 1.61. The molecule has 0 radical (unpaired) electrons. The monoisotopic (exact) mass is 476 g/mol. The van der Waals surface area contributed by atoms with Gasteiger partial charge in [-0.05, 0) is 42.3 Å². The maximum absolute atomic E-state index is 13.3. The number of benzene rings is 2. The van der Waals surface area contributed by atoms with E-state index in [0.717, 1.165) is 31.2 Å². The molecule has 0 saturated heterocycles. The van der Waals surface area contributed by atoms with Crippen molar-refractivity contribution in [2.24, 2.45) is 0 Å². The second-order valence-corrected chi connectivity index (χ2v) is 8.43. The van der Waals surface area contributed by atoms with Crippen LogP contribution in [-0.2, 0) is 20.9 Å². The highest BCUT2D eigenvalue weighted by atomic mass is 16.5. The molecule has 0 bridgehead atoms. The summed E-state index contributed by atoms with van der Waals surface area (Å²) in [4.78, 5) is 40.5. The number of tetrazole rings is 1. The molecule has 10 nitrogen and oxygen atoms in total. The van der Waals surface area contributed by atoms with Crippen LogP contribution in [0, 0.1) is 0 Å². The number of rotatable bonds is 8. The van der Waals surface area contributed by atoms with Gasteiger partial charge in [-0.15, -0.1) is 10.2 Å². The molecule has 1 aliphatic rings. The minimum absolute atomic E-state index is 0.125. The molecule has 0 unspecified atom stereocenters. The number of carbonyl (C=O) groups excluding carboxylic acids is 3. The lowest BCUT2D eigenvalue weighted by molar-refractivity contribution is -0.124.